The normalized spacial score (nSPS) is 14.1. The van der Waals surface area contributed by atoms with Crippen LogP contribution < -0.4 is 5.32 Å². The second-order valence-corrected chi connectivity index (χ2v) is 1.88. The first-order chi connectivity index (χ1) is 4.73. The van der Waals surface area contributed by atoms with E-state index in [1.807, 2.05) is 0 Å². The molecule has 1 rings (SSSR count). The van der Waals surface area contributed by atoms with Gasteiger partial charge in [-0.25, -0.2) is 0 Å². The number of morpholine rings is 1. The first-order valence-electron chi connectivity index (χ1n) is 3.21. The average Bonchev–Trinajstić information content (AvgIpc) is 1.90. The molecule has 0 amide bonds. The summed E-state index contributed by atoms with van der Waals surface area (Å²) in [4.78, 5) is 9.00. The molecule has 0 saturated carbocycles. The predicted octanol–water partition coefficient (Wildman–Crippen LogP) is -1.28. The molecule has 5 nitrogen and oxygen atoms in total. The van der Waals surface area contributed by atoms with Gasteiger partial charge in [0.15, 0.2) is 0 Å². The Morgan fingerprint density at radius 2 is 1.83 bits per heavy atom. The van der Waals surface area contributed by atoms with Gasteiger partial charge in [0.2, 0.25) is 0 Å². The summed E-state index contributed by atoms with van der Waals surface area (Å²) in [5.41, 5.74) is 0. The zero-order valence-corrected chi connectivity index (χ0v) is 9.51. The van der Waals surface area contributed by atoms with Crippen LogP contribution in [0.5, 0.6) is 0 Å². The van der Waals surface area contributed by atoms with Gasteiger partial charge in [-0.3, -0.25) is 4.79 Å². The number of rotatable bonds is 0. The number of carbonyl (C=O) groups is 1. The zero-order chi connectivity index (χ0) is 7.82. The van der Waals surface area contributed by atoms with E-state index in [2.05, 4.69) is 5.32 Å². The average molecular weight is 207 g/mol. The number of ether oxygens (including phenoxy) is 1. The maximum absolute atomic E-state index is 9.00. The van der Waals surface area contributed by atoms with Crippen molar-refractivity contribution in [1.29, 1.82) is 0 Å². The molecule has 4 N–H and O–H groups in total. The Morgan fingerprint density at radius 1 is 1.50 bits per heavy atom. The number of carboxylic acids is 1. The van der Waals surface area contributed by atoms with Crippen molar-refractivity contribution < 1.29 is 23.0 Å². The topological polar surface area (TPSA) is 90.1 Å². The molecule has 0 aromatic heterocycles. The molecule has 12 heavy (non-hydrogen) atoms. The van der Waals surface area contributed by atoms with Crippen LogP contribution in [0.15, 0.2) is 0 Å². The van der Waals surface area contributed by atoms with Crippen LogP contribution in [0.1, 0.15) is 9.78 Å². The van der Waals surface area contributed by atoms with Crippen molar-refractivity contribution in [1.82, 2.24) is 5.32 Å². The van der Waals surface area contributed by atoms with E-state index in [1.54, 1.807) is 0 Å². The van der Waals surface area contributed by atoms with Crippen LogP contribution >= 0.6 is 0 Å². The van der Waals surface area contributed by atoms with E-state index in [0.717, 1.165) is 33.2 Å². The summed E-state index contributed by atoms with van der Waals surface area (Å²) in [5, 5.41) is 10.6. The van der Waals surface area contributed by atoms with Crippen molar-refractivity contribution in [3.05, 3.63) is 0 Å². The van der Waals surface area contributed by atoms with Crippen LogP contribution in [-0.2, 0) is 9.53 Å². The van der Waals surface area contributed by atoms with Crippen molar-refractivity contribution in [2.75, 3.05) is 26.3 Å². The SMILES string of the molecule is C1COCCN1.CC(=O)O.O.[Ca+2].[H-].[H-]. The molecule has 0 spiro atoms. The summed E-state index contributed by atoms with van der Waals surface area (Å²) in [5.74, 6) is -0.833. The van der Waals surface area contributed by atoms with Crippen molar-refractivity contribution >= 4 is 43.7 Å². The Kier molecular flexibility index (Phi) is 21.7. The Balaban J connectivity index is -0.0000000315. The van der Waals surface area contributed by atoms with E-state index in [0.29, 0.717) is 0 Å². The fraction of sp³-hybridized carbons (Fsp3) is 0.833. The van der Waals surface area contributed by atoms with Crippen LogP contribution in [-0.4, -0.2) is 80.6 Å². The van der Waals surface area contributed by atoms with Gasteiger partial charge in [-0.05, 0) is 0 Å². The number of nitrogens with one attached hydrogen (secondary N) is 1. The molecule has 1 heterocycles. The third kappa shape index (κ3) is 22.4. The van der Waals surface area contributed by atoms with Crippen molar-refractivity contribution in [2.45, 2.75) is 6.92 Å². The van der Waals surface area contributed by atoms with E-state index in [9.17, 15) is 0 Å². The Bertz CT molecular complexity index is 90.3. The summed E-state index contributed by atoms with van der Waals surface area (Å²) in [6, 6.07) is 0. The van der Waals surface area contributed by atoms with Gasteiger partial charge >= 0.3 is 37.7 Å². The molecular weight excluding hydrogens is 190 g/mol. The van der Waals surface area contributed by atoms with Gasteiger partial charge in [0.25, 0.3) is 5.97 Å². The number of hydrogen-bond donors (Lipinski definition) is 2. The molecule has 0 radical (unpaired) electrons. The standard InChI is InChI=1S/C4H9NO.C2H4O2.Ca.H2O.2H/c1-3-6-4-2-5-1;1-2(3)4;;;;/h5H,1-4H2;1H3,(H,3,4);;1H2;;/q;;+2;;2*-1. The first-order valence-corrected chi connectivity index (χ1v) is 3.21. The number of aliphatic carboxylic acids is 1. The second-order valence-electron chi connectivity index (χ2n) is 1.88. The summed E-state index contributed by atoms with van der Waals surface area (Å²) in [7, 11) is 0. The molecule has 1 saturated heterocycles. The molecular formula is C6H17CaNO4. The van der Waals surface area contributed by atoms with E-state index in [-0.39, 0.29) is 46.1 Å². The minimum atomic E-state index is -0.833. The quantitative estimate of drug-likeness (QED) is 0.484. The first kappa shape index (κ1) is 18.4. The minimum Gasteiger partial charge on any atom is -1.00 e. The fourth-order valence-electron chi connectivity index (χ4n) is 0.516. The van der Waals surface area contributed by atoms with E-state index >= 15 is 0 Å². The third-order valence-corrected chi connectivity index (χ3v) is 0.846. The summed E-state index contributed by atoms with van der Waals surface area (Å²) in [6.07, 6.45) is 0. The van der Waals surface area contributed by atoms with Crippen LogP contribution in [0, 0.1) is 0 Å². The monoisotopic (exact) mass is 207 g/mol. The maximum atomic E-state index is 9.00. The van der Waals surface area contributed by atoms with Gasteiger partial charge in [-0.15, -0.1) is 0 Å². The second kappa shape index (κ2) is 14.2. The molecule has 6 heteroatoms. The maximum Gasteiger partial charge on any atom is 2.00 e. The predicted molar refractivity (Wildman–Crippen MR) is 48.6 cm³/mol. The molecule has 0 unspecified atom stereocenters. The molecule has 0 aromatic rings. The van der Waals surface area contributed by atoms with Gasteiger partial charge in [-0.2, -0.15) is 0 Å². The summed E-state index contributed by atoms with van der Waals surface area (Å²) >= 11 is 0. The van der Waals surface area contributed by atoms with Crippen LogP contribution in [0.25, 0.3) is 0 Å². The molecule has 0 aliphatic carbocycles. The van der Waals surface area contributed by atoms with Gasteiger partial charge in [0, 0.05) is 20.0 Å². The number of hydrogen-bond acceptors (Lipinski definition) is 3. The van der Waals surface area contributed by atoms with Gasteiger partial charge in [0.1, 0.15) is 0 Å². The molecule has 1 fully saturated rings. The Morgan fingerprint density at radius 3 is 1.92 bits per heavy atom. The Hall–Kier alpha value is 0.610. The van der Waals surface area contributed by atoms with Crippen LogP contribution in [0.3, 0.4) is 0 Å². The van der Waals surface area contributed by atoms with Crippen molar-refractivity contribution in [3.8, 4) is 0 Å². The van der Waals surface area contributed by atoms with E-state index in [4.69, 9.17) is 14.6 Å². The van der Waals surface area contributed by atoms with Crippen molar-refractivity contribution in [2.24, 2.45) is 0 Å². The third-order valence-electron chi connectivity index (χ3n) is 0.846. The molecule has 1 aliphatic heterocycles. The molecule has 0 aromatic carbocycles. The summed E-state index contributed by atoms with van der Waals surface area (Å²) < 4.78 is 5.01. The largest absolute Gasteiger partial charge is 2.00 e. The molecule has 0 atom stereocenters. The summed E-state index contributed by atoms with van der Waals surface area (Å²) in [6.45, 7) is 4.92. The van der Waals surface area contributed by atoms with Gasteiger partial charge < -0.3 is 23.5 Å². The zero-order valence-electron chi connectivity index (χ0n) is 9.30. The van der Waals surface area contributed by atoms with Crippen LogP contribution in [0.4, 0.5) is 0 Å². The van der Waals surface area contributed by atoms with E-state index in [1.165, 1.54) is 0 Å². The fourth-order valence-corrected chi connectivity index (χ4v) is 0.516. The smallest absolute Gasteiger partial charge is 1.00 e. The van der Waals surface area contributed by atoms with Crippen molar-refractivity contribution in [3.63, 3.8) is 0 Å². The van der Waals surface area contributed by atoms with Crippen LogP contribution in [0.2, 0.25) is 0 Å². The molecule has 0 bridgehead atoms. The van der Waals surface area contributed by atoms with E-state index < -0.39 is 5.97 Å². The molecule has 72 valence electrons. The van der Waals surface area contributed by atoms with Gasteiger partial charge in [-0.1, -0.05) is 0 Å². The number of carboxylic acid groups (broad SMARTS) is 1. The minimum absolute atomic E-state index is 0. The Labute approximate surface area is 105 Å². The molecule has 1 aliphatic rings. The van der Waals surface area contributed by atoms with Gasteiger partial charge in [0.05, 0.1) is 13.2 Å².